The van der Waals surface area contributed by atoms with Crippen LogP contribution in [0.5, 0.6) is 0 Å². The first kappa shape index (κ1) is 11.6. The number of hydrogen-bond acceptors (Lipinski definition) is 3. The first-order valence-corrected chi connectivity index (χ1v) is 4.18. The van der Waals surface area contributed by atoms with Crippen LogP contribution in [-0.4, -0.2) is 30.2 Å². The molecule has 0 aliphatic heterocycles. The summed E-state index contributed by atoms with van der Waals surface area (Å²) in [6.45, 7) is 7.79. The Balaban J connectivity index is 3.94. The number of ether oxygens (including phenoxy) is 1. The molecular weight excluding hydrogens is 156 g/mol. The van der Waals surface area contributed by atoms with Crippen LogP contribution in [0.4, 0.5) is 0 Å². The van der Waals surface area contributed by atoms with Gasteiger partial charge >= 0.3 is 0 Å². The number of rotatable bonds is 4. The van der Waals surface area contributed by atoms with Gasteiger partial charge in [-0.3, -0.25) is 4.79 Å². The monoisotopic (exact) mass is 174 g/mol. The summed E-state index contributed by atoms with van der Waals surface area (Å²) in [5.41, 5.74) is -0.395. The van der Waals surface area contributed by atoms with Gasteiger partial charge in [0.15, 0.2) is 5.78 Å². The average Bonchev–Trinajstić information content (AvgIpc) is 1.97. The van der Waals surface area contributed by atoms with Crippen molar-refractivity contribution in [3.63, 3.8) is 0 Å². The van der Waals surface area contributed by atoms with Crippen LogP contribution in [0.25, 0.3) is 0 Å². The summed E-state index contributed by atoms with van der Waals surface area (Å²) in [6, 6.07) is 0. The zero-order valence-corrected chi connectivity index (χ0v) is 8.26. The highest BCUT2D eigenvalue weighted by Crippen LogP contribution is 2.19. The molecule has 0 aliphatic rings. The lowest BCUT2D eigenvalue weighted by molar-refractivity contribution is -0.136. The van der Waals surface area contributed by atoms with Crippen molar-refractivity contribution in [1.29, 1.82) is 0 Å². The zero-order valence-electron chi connectivity index (χ0n) is 8.26. The first-order valence-electron chi connectivity index (χ1n) is 4.18. The number of ketones is 1. The van der Waals surface area contributed by atoms with E-state index in [1.54, 1.807) is 0 Å². The van der Waals surface area contributed by atoms with Gasteiger partial charge in [-0.1, -0.05) is 20.8 Å². The molecule has 72 valence electrons. The highest BCUT2D eigenvalue weighted by atomic mass is 16.5. The quantitative estimate of drug-likeness (QED) is 0.691. The molecule has 0 saturated carbocycles. The van der Waals surface area contributed by atoms with E-state index in [1.807, 2.05) is 27.7 Å². The fourth-order valence-electron chi connectivity index (χ4n) is 0.765. The van der Waals surface area contributed by atoms with E-state index in [1.165, 1.54) is 0 Å². The van der Waals surface area contributed by atoms with E-state index in [4.69, 9.17) is 4.74 Å². The molecule has 0 aromatic rings. The molecule has 0 aromatic carbocycles. The molecule has 1 unspecified atom stereocenters. The maximum atomic E-state index is 11.2. The summed E-state index contributed by atoms with van der Waals surface area (Å²) >= 11 is 0. The molecule has 0 fully saturated rings. The molecule has 1 atom stereocenters. The molecule has 0 radical (unpaired) electrons. The SMILES string of the molecule is CCOCC(=O)C(O)C(C)(C)C. The third kappa shape index (κ3) is 3.83. The largest absolute Gasteiger partial charge is 0.385 e. The van der Waals surface area contributed by atoms with E-state index in [-0.39, 0.29) is 12.4 Å². The Bertz CT molecular complexity index is 146. The average molecular weight is 174 g/mol. The van der Waals surface area contributed by atoms with E-state index < -0.39 is 11.5 Å². The molecule has 0 rings (SSSR count). The van der Waals surface area contributed by atoms with E-state index in [2.05, 4.69) is 0 Å². The lowest BCUT2D eigenvalue weighted by Crippen LogP contribution is -2.36. The summed E-state index contributed by atoms with van der Waals surface area (Å²) in [6.07, 6.45) is -0.927. The summed E-state index contributed by atoms with van der Waals surface area (Å²) in [5.74, 6) is -0.246. The summed E-state index contributed by atoms with van der Waals surface area (Å²) in [7, 11) is 0. The number of carbonyl (C=O) groups excluding carboxylic acids is 1. The number of carbonyl (C=O) groups is 1. The van der Waals surface area contributed by atoms with Gasteiger partial charge in [-0.15, -0.1) is 0 Å². The summed E-state index contributed by atoms with van der Waals surface area (Å²) in [5, 5.41) is 9.45. The van der Waals surface area contributed by atoms with Gasteiger partial charge in [0.2, 0.25) is 0 Å². The Hall–Kier alpha value is -0.410. The predicted octanol–water partition coefficient (Wildman–Crippen LogP) is 0.999. The Morgan fingerprint density at radius 2 is 2.00 bits per heavy atom. The van der Waals surface area contributed by atoms with E-state index >= 15 is 0 Å². The highest BCUT2D eigenvalue weighted by Gasteiger charge is 2.28. The smallest absolute Gasteiger partial charge is 0.187 e. The number of hydrogen-bond donors (Lipinski definition) is 1. The van der Waals surface area contributed by atoms with Crippen molar-refractivity contribution >= 4 is 5.78 Å². The molecule has 1 N–H and O–H groups in total. The number of aliphatic hydroxyl groups is 1. The van der Waals surface area contributed by atoms with Crippen LogP contribution in [0, 0.1) is 5.41 Å². The van der Waals surface area contributed by atoms with Crippen LogP contribution in [-0.2, 0) is 9.53 Å². The standard InChI is InChI=1S/C9H18O3/c1-5-12-6-7(10)8(11)9(2,3)4/h8,11H,5-6H2,1-4H3. The molecular formula is C9H18O3. The minimum atomic E-state index is -0.927. The molecule has 0 heterocycles. The van der Waals surface area contributed by atoms with Gasteiger partial charge in [-0.25, -0.2) is 0 Å². The Morgan fingerprint density at radius 1 is 1.50 bits per heavy atom. The second-order valence-electron chi connectivity index (χ2n) is 3.87. The van der Waals surface area contributed by atoms with Crippen molar-refractivity contribution in [2.24, 2.45) is 5.41 Å². The van der Waals surface area contributed by atoms with Crippen LogP contribution in [0.3, 0.4) is 0 Å². The Morgan fingerprint density at radius 3 is 2.33 bits per heavy atom. The Labute approximate surface area is 73.7 Å². The van der Waals surface area contributed by atoms with Crippen LogP contribution in [0.1, 0.15) is 27.7 Å². The molecule has 0 aromatic heterocycles. The van der Waals surface area contributed by atoms with Crippen molar-refractivity contribution in [3.8, 4) is 0 Å². The van der Waals surface area contributed by atoms with Crippen molar-refractivity contribution in [1.82, 2.24) is 0 Å². The second-order valence-corrected chi connectivity index (χ2v) is 3.87. The van der Waals surface area contributed by atoms with Crippen molar-refractivity contribution in [3.05, 3.63) is 0 Å². The van der Waals surface area contributed by atoms with Crippen molar-refractivity contribution < 1.29 is 14.6 Å². The first-order chi connectivity index (χ1) is 5.39. The molecule has 0 amide bonds. The van der Waals surface area contributed by atoms with Gasteiger partial charge in [-0.2, -0.15) is 0 Å². The molecule has 0 spiro atoms. The molecule has 0 aliphatic carbocycles. The number of aliphatic hydroxyl groups excluding tert-OH is 1. The molecule has 3 nitrogen and oxygen atoms in total. The van der Waals surface area contributed by atoms with Gasteiger partial charge in [0, 0.05) is 6.61 Å². The third-order valence-electron chi connectivity index (χ3n) is 1.57. The fraction of sp³-hybridized carbons (Fsp3) is 0.889. The van der Waals surface area contributed by atoms with Gasteiger partial charge in [-0.05, 0) is 12.3 Å². The van der Waals surface area contributed by atoms with Crippen molar-refractivity contribution in [2.45, 2.75) is 33.8 Å². The molecule has 3 heteroatoms. The van der Waals surface area contributed by atoms with Gasteiger partial charge < -0.3 is 9.84 Å². The molecule has 0 bridgehead atoms. The summed E-state index contributed by atoms with van der Waals surface area (Å²) in [4.78, 5) is 11.2. The Kier molecular flexibility index (Phi) is 4.42. The van der Waals surface area contributed by atoms with E-state index in [9.17, 15) is 9.90 Å². The topological polar surface area (TPSA) is 46.5 Å². The zero-order chi connectivity index (χ0) is 9.78. The van der Waals surface area contributed by atoms with Gasteiger partial charge in [0.05, 0.1) is 0 Å². The fourth-order valence-corrected chi connectivity index (χ4v) is 0.765. The van der Waals surface area contributed by atoms with Crippen LogP contribution < -0.4 is 0 Å². The molecule has 0 saturated heterocycles. The van der Waals surface area contributed by atoms with Crippen LogP contribution >= 0.6 is 0 Å². The maximum Gasteiger partial charge on any atom is 0.187 e. The summed E-state index contributed by atoms with van der Waals surface area (Å²) < 4.78 is 4.90. The lowest BCUT2D eigenvalue weighted by atomic mass is 9.87. The third-order valence-corrected chi connectivity index (χ3v) is 1.57. The van der Waals surface area contributed by atoms with Gasteiger partial charge in [0.25, 0.3) is 0 Å². The van der Waals surface area contributed by atoms with Crippen LogP contribution in [0.2, 0.25) is 0 Å². The minimum absolute atomic E-state index is 0.00887. The normalized spacial score (nSPS) is 14.4. The second kappa shape index (κ2) is 4.58. The molecule has 12 heavy (non-hydrogen) atoms. The predicted molar refractivity (Wildman–Crippen MR) is 47.0 cm³/mol. The number of Topliss-reactive ketones (excluding diaryl/α,β-unsaturated/α-hetero) is 1. The lowest BCUT2D eigenvalue weighted by Gasteiger charge is -2.24. The van der Waals surface area contributed by atoms with Gasteiger partial charge in [0.1, 0.15) is 12.7 Å². The van der Waals surface area contributed by atoms with E-state index in [0.29, 0.717) is 6.61 Å². The maximum absolute atomic E-state index is 11.2. The minimum Gasteiger partial charge on any atom is -0.385 e. The van der Waals surface area contributed by atoms with Crippen LogP contribution in [0.15, 0.2) is 0 Å². The van der Waals surface area contributed by atoms with Crippen molar-refractivity contribution in [2.75, 3.05) is 13.2 Å². The highest BCUT2D eigenvalue weighted by molar-refractivity contribution is 5.84. The van der Waals surface area contributed by atoms with E-state index in [0.717, 1.165) is 0 Å².